The average Bonchev–Trinajstić information content (AvgIpc) is 2.39. The first-order valence-electron chi connectivity index (χ1n) is 7.51. The van der Waals surface area contributed by atoms with Gasteiger partial charge in [-0.05, 0) is 59.5 Å². The number of nitrogens with zero attached hydrogens (tertiary/aromatic N) is 1. The van der Waals surface area contributed by atoms with Crippen LogP contribution in [-0.4, -0.2) is 43.2 Å². The van der Waals surface area contributed by atoms with Crippen molar-refractivity contribution in [3.05, 3.63) is 12.2 Å². The van der Waals surface area contributed by atoms with Crippen molar-refractivity contribution >= 4 is 6.03 Å². The molecule has 4 nitrogen and oxygen atoms in total. The van der Waals surface area contributed by atoms with Gasteiger partial charge in [0, 0.05) is 18.6 Å². The number of hydrogen-bond acceptors (Lipinski definition) is 2. The van der Waals surface area contributed by atoms with Crippen LogP contribution in [0.1, 0.15) is 46.0 Å². The topological polar surface area (TPSA) is 44.4 Å². The monoisotopic (exact) mass is 267 g/mol. The van der Waals surface area contributed by atoms with Gasteiger partial charge >= 0.3 is 6.03 Å². The number of unbranched alkanes of at least 4 members (excludes halogenated alkanes) is 1. The van der Waals surface area contributed by atoms with E-state index in [2.05, 4.69) is 48.6 Å². The molecule has 1 atom stereocenters. The zero-order valence-corrected chi connectivity index (χ0v) is 12.6. The summed E-state index contributed by atoms with van der Waals surface area (Å²) in [7, 11) is 2.14. The number of amides is 2. The van der Waals surface area contributed by atoms with Crippen LogP contribution in [0.3, 0.4) is 0 Å². The Labute approximate surface area is 117 Å². The second-order valence-electron chi connectivity index (χ2n) is 5.65. The molecule has 1 aliphatic carbocycles. The zero-order valence-electron chi connectivity index (χ0n) is 12.6. The number of urea groups is 1. The number of nitrogens with one attached hydrogen (secondary N) is 2. The molecule has 0 saturated heterocycles. The van der Waals surface area contributed by atoms with E-state index in [0.29, 0.717) is 6.04 Å². The summed E-state index contributed by atoms with van der Waals surface area (Å²) in [5.41, 5.74) is 0. The molecular formula is C15H29N3O. The summed E-state index contributed by atoms with van der Waals surface area (Å²) in [6.45, 7) is 6.24. The van der Waals surface area contributed by atoms with Crippen LogP contribution in [0.5, 0.6) is 0 Å². The SMILES string of the molecule is CC(C)N(C)CCCCNC(=O)NC1C=CCCC1. The summed E-state index contributed by atoms with van der Waals surface area (Å²) < 4.78 is 0. The molecule has 0 aromatic rings. The van der Waals surface area contributed by atoms with E-state index >= 15 is 0 Å². The van der Waals surface area contributed by atoms with Gasteiger partial charge in [0.1, 0.15) is 0 Å². The third kappa shape index (κ3) is 7.21. The number of carbonyl (C=O) groups excluding carboxylic acids is 1. The molecule has 110 valence electrons. The summed E-state index contributed by atoms with van der Waals surface area (Å²) in [5.74, 6) is 0. The van der Waals surface area contributed by atoms with Crippen LogP contribution in [0.15, 0.2) is 12.2 Å². The second-order valence-corrected chi connectivity index (χ2v) is 5.65. The van der Waals surface area contributed by atoms with Crippen molar-refractivity contribution in [1.29, 1.82) is 0 Å². The Morgan fingerprint density at radius 2 is 2.21 bits per heavy atom. The molecule has 0 heterocycles. The quantitative estimate of drug-likeness (QED) is 0.550. The van der Waals surface area contributed by atoms with Crippen molar-refractivity contribution in [3.8, 4) is 0 Å². The van der Waals surface area contributed by atoms with E-state index in [1.165, 1.54) is 6.42 Å². The third-order valence-corrected chi connectivity index (χ3v) is 3.68. The molecule has 0 saturated carbocycles. The van der Waals surface area contributed by atoms with Gasteiger partial charge in [-0.25, -0.2) is 4.79 Å². The van der Waals surface area contributed by atoms with Crippen LogP contribution in [0.25, 0.3) is 0 Å². The molecule has 0 bridgehead atoms. The Kier molecular flexibility index (Phi) is 7.56. The lowest BCUT2D eigenvalue weighted by molar-refractivity contribution is 0.236. The Hall–Kier alpha value is -1.03. The van der Waals surface area contributed by atoms with Crippen molar-refractivity contribution in [2.45, 2.75) is 58.0 Å². The predicted molar refractivity (Wildman–Crippen MR) is 80.3 cm³/mol. The van der Waals surface area contributed by atoms with E-state index in [0.717, 1.165) is 38.8 Å². The minimum absolute atomic E-state index is 0.0336. The predicted octanol–water partition coefficient (Wildman–Crippen LogP) is 2.51. The molecule has 2 amide bonds. The van der Waals surface area contributed by atoms with Gasteiger partial charge in [0.25, 0.3) is 0 Å². The highest BCUT2D eigenvalue weighted by molar-refractivity contribution is 5.74. The van der Waals surface area contributed by atoms with Crippen molar-refractivity contribution in [2.24, 2.45) is 0 Å². The smallest absolute Gasteiger partial charge is 0.315 e. The van der Waals surface area contributed by atoms with Gasteiger partial charge in [0.15, 0.2) is 0 Å². The Morgan fingerprint density at radius 3 is 2.84 bits per heavy atom. The fourth-order valence-corrected chi connectivity index (χ4v) is 2.10. The lowest BCUT2D eigenvalue weighted by atomic mass is 10.0. The first-order valence-corrected chi connectivity index (χ1v) is 7.51. The summed E-state index contributed by atoms with van der Waals surface area (Å²) in [6.07, 6.45) is 9.77. The van der Waals surface area contributed by atoms with Crippen LogP contribution in [-0.2, 0) is 0 Å². The number of carbonyl (C=O) groups is 1. The lowest BCUT2D eigenvalue weighted by Gasteiger charge is -2.21. The Bertz CT molecular complexity index is 289. The first kappa shape index (κ1) is 16.0. The highest BCUT2D eigenvalue weighted by atomic mass is 16.2. The van der Waals surface area contributed by atoms with E-state index in [1.807, 2.05) is 0 Å². The maximum Gasteiger partial charge on any atom is 0.315 e. The maximum absolute atomic E-state index is 11.6. The van der Waals surface area contributed by atoms with Crippen molar-refractivity contribution < 1.29 is 4.79 Å². The lowest BCUT2D eigenvalue weighted by Crippen LogP contribution is -2.42. The minimum atomic E-state index is -0.0336. The fraction of sp³-hybridized carbons (Fsp3) is 0.800. The van der Waals surface area contributed by atoms with Crippen LogP contribution in [0, 0.1) is 0 Å². The van der Waals surface area contributed by atoms with Gasteiger partial charge in [0.05, 0.1) is 0 Å². The van der Waals surface area contributed by atoms with E-state index in [1.54, 1.807) is 0 Å². The van der Waals surface area contributed by atoms with Crippen LogP contribution < -0.4 is 10.6 Å². The van der Waals surface area contributed by atoms with Crippen molar-refractivity contribution in [2.75, 3.05) is 20.1 Å². The largest absolute Gasteiger partial charge is 0.338 e. The molecule has 0 radical (unpaired) electrons. The first-order chi connectivity index (χ1) is 9.09. The Balaban J connectivity index is 2.01. The number of hydrogen-bond donors (Lipinski definition) is 2. The molecule has 19 heavy (non-hydrogen) atoms. The molecule has 1 unspecified atom stereocenters. The van der Waals surface area contributed by atoms with Crippen molar-refractivity contribution in [3.63, 3.8) is 0 Å². The molecule has 0 aromatic heterocycles. The molecule has 2 N–H and O–H groups in total. The standard InChI is InChI=1S/C15H29N3O/c1-13(2)18(3)12-8-7-11-16-15(19)17-14-9-5-4-6-10-14/h5,9,13-14H,4,6-8,10-12H2,1-3H3,(H2,16,17,19). The highest BCUT2D eigenvalue weighted by Crippen LogP contribution is 2.09. The highest BCUT2D eigenvalue weighted by Gasteiger charge is 2.10. The molecule has 0 aliphatic heterocycles. The van der Waals surface area contributed by atoms with E-state index in [4.69, 9.17) is 0 Å². The summed E-state index contributed by atoms with van der Waals surface area (Å²) >= 11 is 0. The van der Waals surface area contributed by atoms with Gasteiger partial charge in [-0.1, -0.05) is 12.2 Å². The van der Waals surface area contributed by atoms with Gasteiger partial charge < -0.3 is 15.5 Å². The molecule has 0 spiro atoms. The van der Waals surface area contributed by atoms with Crippen molar-refractivity contribution in [1.82, 2.24) is 15.5 Å². The zero-order chi connectivity index (χ0) is 14.1. The van der Waals surface area contributed by atoms with Gasteiger partial charge in [-0.2, -0.15) is 0 Å². The molecule has 0 fully saturated rings. The van der Waals surface area contributed by atoms with Gasteiger partial charge in [0.2, 0.25) is 0 Å². The number of allylic oxidation sites excluding steroid dienone is 1. The van der Waals surface area contributed by atoms with Gasteiger partial charge in [-0.15, -0.1) is 0 Å². The Morgan fingerprint density at radius 1 is 1.42 bits per heavy atom. The summed E-state index contributed by atoms with van der Waals surface area (Å²) in [6, 6.07) is 0.781. The minimum Gasteiger partial charge on any atom is -0.338 e. The van der Waals surface area contributed by atoms with Crippen LogP contribution in [0.4, 0.5) is 4.79 Å². The van der Waals surface area contributed by atoms with E-state index < -0.39 is 0 Å². The summed E-state index contributed by atoms with van der Waals surface area (Å²) in [4.78, 5) is 14.0. The normalized spacial score (nSPS) is 18.9. The number of rotatable bonds is 7. The molecule has 4 heteroatoms. The maximum atomic E-state index is 11.6. The third-order valence-electron chi connectivity index (χ3n) is 3.68. The molecule has 0 aromatic carbocycles. The molecule has 1 aliphatic rings. The van der Waals surface area contributed by atoms with E-state index in [9.17, 15) is 4.79 Å². The molecule has 1 rings (SSSR count). The van der Waals surface area contributed by atoms with Crippen LogP contribution in [0.2, 0.25) is 0 Å². The average molecular weight is 267 g/mol. The fourth-order valence-electron chi connectivity index (χ4n) is 2.10. The second kappa shape index (κ2) is 8.97. The van der Waals surface area contributed by atoms with Gasteiger partial charge in [-0.3, -0.25) is 0 Å². The summed E-state index contributed by atoms with van der Waals surface area (Å²) in [5, 5.41) is 5.92. The molecular weight excluding hydrogens is 238 g/mol. The van der Waals surface area contributed by atoms with E-state index in [-0.39, 0.29) is 12.1 Å². The van der Waals surface area contributed by atoms with Crippen LogP contribution >= 0.6 is 0 Å².